The van der Waals surface area contributed by atoms with E-state index in [0.29, 0.717) is 0 Å². The van der Waals surface area contributed by atoms with Gasteiger partial charge in [0.2, 0.25) is 0 Å². The highest BCUT2D eigenvalue weighted by Gasteiger charge is 2.25. The monoisotopic (exact) mass is 358 g/mol. The van der Waals surface area contributed by atoms with Gasteiger partial charge in [0.05, 0.1) is 0 Å². The van der Waals surface area contributed by atoms with E-state index in [0.717, 1.165) is 49.8 Å². The summed E-state index contributed by atoms with van der Waals surface area (Å²) in [5, 5.41) is 3.16. The van der Waals surface area contributed by atoms with Crippen molar-refractivity contribution >= 4 is 11.7 Å². The van der Waals surface area contributed by atoms with Crippen molar-refractivity contribution < 1.29 is 4.79 Å². The fraction of sp³-hybridized carbons (Fsp3) is 0.667. The fourth-order valence-corrected chi connectivity index (χ4v) is 4.31. The maximum absolute atomic E-state index is 12.7. The number of nitrogens with zero attached hydrogens (tertiary/aromatic N) is 3. The third-order valence-electron chi connectivity index (χ3n) is 5.87. The van der Waals surface area contributed by atoms with Gasteiger partial charge in [-0.15, -0.1) is 0 Å². The van der Waals surface area contributed by atoms with E-state index in [4.69, 9.17) is 0 Å². The van der Waals surface area contributed by atoms with Gasteiger partial charge in [0.15, 0.2) is 0 Å². The molecule has 0 radical (unpaired) electrons. The summed E-state index contributed by atoms with van der Waals surface area (Å²) < 4.78 is 0. The SMILES string of the molecule is CCc1cccc(C)c1NC(=O)N1CCN(C[C@H]2CCCN(C)C2)CC1. The Balaban J connectivity index is 1.49. The Hall–Kier alpha value is -1.59. The van der Waals surface area contributed by atoms with Crippen LogP contribution in [0.5, 0.6) is 0 Å². The Morgan fingerprint density at radius 2 is 1.96 bits per heavy atom. The van der Waals surface area contributed by atoms with Crippen molar-refractivity contribution in [2.75, 3.05) is 58.2 Å². The molecule has 2 fully saturated rings. The molecule has 0 unspecified atom stereocenters. The molecule has 1 atom stereocenters. The van der Waals surface area contributed by atoms with Gasteiger partial charge in [-0.1, -0.05) is 25.1 Å². The highest BCUT2D eigenvalue weighted by atomic mass is 16.2. The first-order valence-corrected chi connectivity index (χ1v) is 10.1. The third-order valence-corrected chi connectivity index (χ3v) is 5.87. The lowest BCUT2D eigenvalue weighted by atomic mass is 9.97. The molecule has 2 aliphatic rings. The van der Waals surface area contributed by atoms with E-state index < -0.39 is 0 Å². The van der Waals surface area contributed by atoms with E-state index in [9.17, 15) is 4.79 Å². The first kappa shape index (κ1) is 19.2. The van der Waals surface area contributed by atoms with Gasteiger partial charge < -0.3 is 15.1 Å². The average molecular weight is 359 g/mol. The summed E-state index contributed by atoms with van der Waals surface area (Å²) in [6, 6.07) is 6.27. The minimum atomic E-state index is 0.0473. The molecule has 2 saturated heterocycles. The van der Waals surface area contributed by atoms with E-state index in [1.54, 1.807) is 0 Å². The Bertz CT molecular complexity index is 610. The summed E-state index contributed by atoms with van der Waals surface area (Å²) >= 11 is 0. The molecule has 0 saturated carbocycles. The van der Waals surface area contributed by atoms with Gasteiger partial charge in [-0.2, -0.15) is 0 Å². The Kier molecular flexibility index (Phi) is 6.54. The molecule has 1 N–H and O–H groups in total. The molecule has 0 spiro atoms. The average Bonchev–Trinajstić information content (AvgIpc) is 2.64. The molecule has 144 valence electrons. The van der Waals surface area contributed by atoms with Crippen molar-refractivity contribution in [1.82, 2.24) is 14.7 Å². The smallest absolute Gasteiger partial charge is 0.321 e. The Morgan fingerprint density at radius 3 is 2.65 bits per heavy atom. The minimum Gasteiger partial charge on any atom is -0.322 e. The lowest BCUT2D eigenvalue weighted by Crippen LogP contribution is -2.52. The standard InChI is InChI=1S/C21H34N4O/c1-4-19-9-5-7-17(2)20(19)22-21(26)25-13-11-24(12-14-25)16-18-8-6-10-23(3)15-18/h5,7,9,18H,4,6,8,10-16H2,1-3H3,(H,22,26)/t18-/m0/s1. The number of urea groups is 1. The molecule has 2 amide bonds. The van der Waals surface area contributed by atoms with Crippen LogP contribution in [-0.2, 0) is 6.42 Å². The number of para-hydroxylation sites is 1. The van der Waals surface area contributed by atoms with Crippen LogP contribution in [0.3, 0.4) is 0 Å². The van der Waals surface area contributed by atoms with Crippen molar-refractivity contribution in [3.63, 3.8) is 0 Å². The molecular formula is C21H34N4O. The predicted molar refractivity (Wildman–Crippen MR) is 108 cm³/mol. The van der Waals surface area contributed by atoms with Crippen molar-refractivity contribution in [1.29, 1.82) is 0 Å². The van der Waals surface area contributed by atoms with Crippen molar-refractivity contribution in [3.05, 3.63) is 29.3 Å². The number of benzene rings is 1. The van der Waals surface area contributed by atoms with Crippen LogP contribution in [0.15, 0.2) is 18.2 Å². The number of nitrogens with one attached hydrogen (secondary N) is 1. The van der Waals surface area contributed by atoms with E-state index in [1.807, 2.05) is 4.90 Å². The number of rotatable bonds is 4. The second-order valence-electron chi connectivity index (χ2n) is 7.95. The van der Waals surface area contributed by atoms with Crippen LogP contribution in [0, 0.1) is 12.8 Å². The third kappa shape index (κ3) is 4.77. The van der Waals surface area contributed by atoms with Crippen LogP contribution in [-0.4, -0.2) is 73.6 Å². The van der Waals surface area contributed by atoms with E-state index >= 15 is 0 Å². The summed E-state index contributed by atoms with van der Waals surface area (Å²) in [4.78, 5) is 19.7. The topological polar surface area (TPSA) is 38.8 Å². The molecular weight excluding hydrogens is 324 g/mol. The summed E-state index contributed by atoms with van der Waals surface area (Å²) in [7, 11) is 2.23. The number of amides is 2. The zero-order chi connectivity index (χ0) is 18.5. The number of likely N-dealkylation sites (tertiary alicyclic amines) is 1. The highest BCUT2D eigenvalue weighted by molar-refractivity contribution is 5.91. The van der Waals surface area contributed by atoms with Crippen LogP contribution in [0.25, 0.3) is 0 Å². The lowest BCUT2D eigenvalue weighted by Gasteiger charge is -2.38. The number of piperazine rings is 1. The summed E-state index contributed by atoms with van der Waals surface area (Å²) in [5.74, 6) is 0.785. The Morgan fingerprint density at radius 1 is 1.19 bits per heavy atom. The molecule has 5 nitrogen and oxygen atoms in total. The largest absolute Gasteiger partial charge is 0.322 e. The fourth-order valence-electron chi connectivity index (χ4n) is 4.31. The van der Waals surface area contributed by atoms with Crippen LogP contribution in [0.2, 0.25) is 0 Å². The lowest BCUT2D eigenvalue weighted by molar-refractivity contribution is 0.109. The molecule has 0 aromatic heterocycles. The van der Waals surface area contributed by atoms with Gasteiger partial charge in [0, 0.05) is 45.0 Å². The molecule has 26 heavy (non-hydrogen) atoms. The maximum Gasteiger partial charge on any atom is 0.321 e. The summed E-state index contributed by atoms with van der Waals surface area (Å²) in [6.07, 6.45) is 3.60. The zero-order valence-corrected chi connectivity index (χ0v) is 16.6. The number of carbonyl (C=O) groups excluding carboxylic acids is 1. The second-order valence-corrected chi connectivity index (χ2v) is 7.95. The zero-order valence-electron chi connectivity index (χ0n) is 16.6. The molecule has 1 aromatic carbocycles. The van der Waals surface area contributed by atoms with Gasteiger partial charge in [0.1, 0.15) is 0 Å². The van der Waals surface area contributed by atoms with Gasteiger partial charge in [-0.25, -0.2) is 4.79 Å². The van der Waals surface area contributed by atoms with Crippen LogP contribution >= 0.6 is 0 Å². The number of carbonyl (C=O) groups is 1. The minimum absolute atomic E-state index is 0.0473. The highest BCUT2D eigenvalue weighted by Crippen LogP contribution is 2.22. The first-order valence-electron chi connectivity index (χ1n) is 10.1. The Labute approximate surface area is 158 Å². The maximum atomic E-state index is 12.7. The number of hydrogen-bond acceptors (Lipinski definition) is 3. The quantitative estimate of drug-likeness (QED) is 0.899. The normalized spacial score (nSPS) is 22.4. The molecule has 2 heterocycles. The van der Waals surface area contributed by atoms with Crippen molar-refractivity contribution in [3.8, 4) is 0 Å². The molecule has 2 aliphatic heterocycles. The first-order chi connectivity index (χ1) is 12.6. The molecule has 0 aliphatic carbocycles. The van der Waals surface area contributed by atoms with Crippen molar-refractivity contribution in [2.24, 2.45) is 5.92 Å². The molecule has 5 heteroatoms. The molecule has 0 bridgehead atoms. The summed E-state index contributed by atoms with van der Waals surface area (Å²) in [6.45, 7) is 11.4. The molecule has 1 aromatic rings. The van der Waals surface area contributed by atoms with Gasteiger partial charge in [-0.3, -0.25) is 4.90 Å². The van der Waals surface area contributed by atoms with Crippen LogP contribution in [0.1, 0.15) is 30.9 Å². The number of aryl methyl sites for hydroxylation is 2. The molecule has 3 rings (SSSR count). The van der Waals surface area contributed by atoms with Gasteiger partial charge in [0.25, 0.3) is 0 Å². The number of hydrogen-bond donors (Lipinski definition) is 1. The van der Waals surface area contributed by atoms with E-state index in [1.165, 1.54) is 38.0 Å². The summed E-state index contributed by atoms with van der Waals surface area (Å²) in [5.41, 5.74) is 3.34. The van der Waals surface area contributed by atoms with Gasteiger partial charge in [-0.05, 0) is 56.8 Å². The van der Waals surface area contributed by atoms with E-state index in [-0.39, 0.29) is 6.03 Å². The van der Waals surface area contributed by atoms with Crippen molar-refractivity contribution in [2.45, 2.75) is 33.1 Å². The van der Waals surface area contributed by atoms with Gasteiger partial charge >= 0.3 is 6.03 Å². The second kappa shape index (κ2) is 8.87. The number of piperidine rings is 1. The van der Waals surface area contributed by atoms with Crippen LogP contribution in [0.4, 0.5) is 10.5 Å². The predicted octanol–water partition coefficient (Wildman–Crippen LogP) is 3.05. The van der Waals surface area contributed by atoms with E-state index in [2.05, 4.69) is 54.2 Å². The number of anilines is 1. The van der Waals surface area contributed by atoms with Crippen LogP contribution < -0.4 is 5.32 Å².